The van der Waals surface area contributed by atoms with E-state index in [4.69, 9.17) is 0 Å². The van der Waals surface area contributed by atoms with E-state index in [1.54, 1.807) is 16.2 Å². The van der Waals surface area contributed by atoms with Crippen LogP contribution in [0.1, 0.15) is 38.3 Å². The van der Waals surface area contributed by atoms with Crippen LogP contribution < -0.4 is 5.32 Å². The number of aromatic nitrogens is 2. The molecule has 0 aromatic carbocycles. The standard InChI is InChI=1S/C17H24N4OS/c1-12(13-6-3-4-7-13)18-17(22)21(2)11-14-10-15(20-19-14)16-8-5-9-23-16/h5,8-10,12-13H,3-4,6-7,11H2,1-2H3,(H,18,22)(H,19,20)/t12-/m1/s1. The monoisotopic (exact) mass is 332 g/mol. The van der Waals surface area contributed by atoms with E-state index in [2.05, 4.69) is 22.4 Å². The third kappa shape index (κ3) is 3.93. The molecule has 0 radical (unpaired) electrons. The van der Waals surface area contributed by atoms with Crippen molar-refractivity contribution in [1.29, 1.82) is 0 Å². The molecule has 6 heteroatoms. The lowest BCUT2D eigenvalue weighted by atomic mass is 10.0. The van der Waals surface area contributed by atoms with E-state index in [1.165, 1.54) is 25.7 Å². The summed E-state index contributed by atoms with van der Waals surface area (Å²) in [7, 11) is 1.82. The number of amides is 2. The lowest BCUT2D eigenvalue weighted by molar-refractivity contribution is 0.198. The van der Waals surface area contributed by atoms with E-state index in [0.29, 0.717) is 12.5 Å². The van der Waals surface area contributed by atoms with Gasteiger partial charge in [-0.15, -0.1) is 11.3 Å². The highest BCUT2D eigenvalue weighted by molar-refractivity contribution is 7.13. The first-order chi connectivity index (χ1) is 11.1. The van der Waals surface area contributed by atoms with Crippen LogP contribution in [0.15, 0.2) is 23.6 Å². The minimum atomic E-state index is -0.0170. The molecule has 1 aliphatic rings. The third-order valence-corrected chi connectivity index (χ3v) is 5.51. The predicted molar refractivity (Wildman–Crippen MR) is 93.3 cm³/mol. The van der Waals surface area contributed by atoms with Gasteiger partial charge in [-0.3, -0.25) is 5.10 Å². The molecule has 0 bridgehead atoms. The van der Waals surface area contributed by atoms with Gasteiger partial charge in [0.05, 0.1) is 17.1 Å². The maximum atomic E-state index is 12.3. The van der Waals surface area contributed by atoms with Gasteiger partial charge in [-0.2, -0.15) is 5.10 Å². The molecule has 3 rings (SSSR count). The molecule has 23 heavy (non-hydrogen) atoms. The smallest absolute Gasteiger partial charge is 0.317 e. The van der Waals surface area contributed by atoms with Crippen LogP contribution in [0.5, 0.6) is 0 Å². The molecule has 5 nitrogen and oxygen atoms in total. The summed E-state index contributed by atoms with van der Waals surface area (Å²) in [5, 5.41) is 12.5. The Kier molecular flexibility index (Phi) is 5.00. The van der Waals surface area contributed by atoms with Crippen LogP contribution in [0, 0.1) is 5.92 Å². The van der Waals surface area contributed by atoms with Gasteiger partial charge in [0.1, 0.15) is 5.69 Å². The Morgan fingerprint density at radius 3 is 3.00 bits per heavy atom. The zero-order chi connectivity index (χ0) is 16.2. The van der Waals surface area contributed by atoms with E-state index in [-0.39, 0.29) is 12.1 Å². The molecular formula is C17H24N4OS. The molecule has 1 aliphatic carbocycles. The zero-order valence-corrected chi connectivity index (χ0v) is 14.5. The molecule has 2 amide bonds. The molecule has 0 saturated heterocycles. The molecule has 1 saturated carbocycles. The van der Waals surface area contributed by atoms with E-state index in [1.807, 2.05) is 30.6 Å². The Hall–Kier alpha value is -1.82. The van der Waals surface area contributed by atoms with E-state index < -0.39 is 0 Å². The second-order valence-corrected chi connectivity index (χ2v) is 7.34. The van der Waals surface area contributed by atoms with Gasteiger partial charge in [-0.05, 0) is 43.2 Å². The summed E-state index contributed by atoms with van der Waals surface area (Å²) in [6, 6.07) is 6.30. The van der Waals surface area contributed by atoms with Crippen LogP contribution in [0.3, 0.4) is 0 Å². The topological polar surface area (TPSA) is 61.0 Å². The minimum absolute atomic E-state index is 0.0170. The van der Waals surface area contributed by atoms with Crippen molar-refractivity contribution in [1.82, 2.24) is 20.4 Å². The number of nitrogens with one attached hydrogen (secondary N) is 2. The minimum Gasteiger partial charge on any atom is -0.335 e. The second kappa shape index (κ2) is 7.17. The molecule has 0 aliphatic heterocycles. The van der Waals surface area contributed by atoms with Crippen LogP contribution in [0.2, 0.25) is 0 Å². The summed E-state index contributed by atoms with van der Waals surface area (Å²) >= 11 is 1.66. The number of urea groups is 1. The number of hydrogen-bond acceptors (Lipinski definition) is 3. The largest absolute Gasteiger partial charge is 0.335 e. The number of nitrogens with zero attached hydrogens (tertiary/aromatic N) is 2. The van der Waals surface area contributed by atoms with E-state index in [0.717, 1.165) is 16.3 Å². The van der Waals surface area contributed by atoms with E-state index >= 15 is 0 Å². The molecule has 1 atom stereocenters. The Morgan fingerprint density at radius 1 is 1.52 bits per heavy atom. The summed E-state index contributed by atoms with van der Waals surface area (Å²) in [6.45, 7) is 2.65. The molecular weight excluding hydrogens is 308 g/mol. The predicted octanol–water partition coefficient (Wildman–Crippen LogP) is 3.86. The number of aromatic amines is 1. The molecule has 2 aromatic rings. The highest BCUT2D eigenvalue weighted by atomic mass is 32.1. The third-order valence-electron chi connectivity index (χ3n) is 4.62. The lowest BCUT2D eigenvalue weighted by Crippen LogP contribution is -2.44. The van der Waals surface area contributed by atoms with Gasteiger partial charge in [0, 0.05) is 13.1 Å². The van der Waals surface area contributed by atoms with Crippen LogP contribution >= 0.6 is 11.3 Å². The van der Waals surface area contributed by atoms with Crippen molar-refractivity contribution in [3.63, 3.8) is 0 Å². The lowest BCUT2D eigenvalue weighted by Gasteiger charge is -2.24. The Labute approximate surface area is 141 Å². The van der Waals surface area contributed by atoms with Crippen LogP contribution in [-0.4, -0.2) is 34.2 Å². The summed E-state index contributed by atoms with van der Waals surface area (Å²) in [4.78, 5) is 15.2. The van der Waals surface area contributed by atoms with Gasteiger partial charge in [-0.25, -0.2) is 4.79 Å². The highest BCUT2D eigenvalue weighted by Crippen LogP contribution is 2.27. The number of H-pyrrole nitrogens is 1. The summed E-state index contributed by atoms with van der Waals surface area (Å²) in [6.07, 6.45) is 5.05. The zero-order valence-electron chi connectivity index (χ0n) is 13.7. The number of thiophene rings is 1. The average molecular weight is 332 g/mol. The summed E-state index contributed by atoms with van der Waals surface area (Å²) in [5.74, 6) is 0.630. The maximum Gasteiger partial charge on any atom is 0.317 e. The number of hydrogen-bond donors (Lipinski definition) is 2. The summed E-state index contributed by atoms with van der Waals surface area (Å²) < 4.78 is 0. The molecule has 124 valence electrons. The fraction of sp³-hybridized carbons (Fsp3) is 0.529. The SMILES string of the molecule is C[C@@H](NC(=O)N(C)Cc1cc(-c2cccs2)n[nH]1)C1CCCC1. The molecule has 2 N–H and O–H groups in total. The van der Waals surface area contributed by atoms with Crippen LogP contribution in [0.25, 0.3) is 10.6 Å². The normalized spacial score (nSPS) is 16.4. The van der Waals surface area contributed by atoms with Crippen molar-refractivity contribution in [3.8, 4) is 10.6 Å². The van der Waals surface area contributed by atoms with Crippen molar-refractivity contribution in [2.24, 2.45) is 5.92 Å². The first kappa shape index (κ1) is 16.1. The van der Waals surface area contributed by atoms with E-state index in [9.17, 15) is 4.79 Å². The molecule has 2 heterocycles. The fourth-order valence-electron chi connectivity index (χ4n) is 3.20. The molecule has 0 unspecified atom stereocenters. The Morgan fingerprint density at radius 2 is 2.30 bits per heavy atom. The van der Waals surface area contributed by atoms with Gasteiger partial charge in [0.15, 0.2) is 0 Å². The molecule has 2 aromatic heterocycles. The number of carbonyl (C=O) groups excluding carboxylic acids is 1. The average Bonchev–Trinajstić information content (AvgIpc) is 3.28. The van der Waals surface area contributed by atoms with Gasteiger partial charge >= 0.3 is 6.03 Å². The van der Waals surface area contributed by atoms with Gasteiger partial charge < -0.3 is 10.2 Å². The molecule has 0 spiro atoms. The Balaban J connectivity index is 1.54. The van der Waals surface area contributed by atoms with Gasteiger partial charge in [0.2, 0.25) is 0 Å². The first-order valence-electron chi connectivity index (χ1n) is 8.23. The van der Waals surface area contributed by atoms with Crippen LogP contribution in [-0.2, 0) is 6.54 Å². The maximum absolute atomic E-state index is 12.3. The van der Waals surface area contributed by atoms with Gasteiger partial charge in [0.25, 0.3) is 0 Å². The van der Waals surface area contributed by atoms with Crippen molar-refractivity contribution in [2.75, 3.05) is 7.05 Å². The van der Waals surface area contributed by atoms with Crippen molar-refractivity contribution < 1.29 is 4.79 Å². The fourth-order valence-corrected chi connectivity index (χ4v) is 3.89. The number of rotatable bonds is 5. The quantitative estimate of drug-likeness (QED) is 0.873. The summed E-state index contributed by atoms with van der Waals surface area (Å²) in [5.41, 5.74) is 1.88. The van der Waals surface area contributed by atoms with Crippen LogP contribution in [0.4, 0.5) is 4.79 Å². The first-order valence-corrected chi connectivity index (χ1v) is 9.11. The van der Waals surface area contributed by atoms with Crippen molar-refractivity contribution in [3.05, 3.63) is 29.3 Å². The van der Waals surface area contributed by atoms with Crippen molar-refractivity contribution >= 4 is 17.4 Å². The highest BCUT2D eigenvalue weighted by Gasteiger charge is 2.23. The Bertz CT molecular complexity index is 631. The molecule has 1 fully saturated rings. The van der Waals surface area contributed by atoms with Crippen molar-refractivity contribution in [2.45, 2.75) is 45.2 Å². The second-order valence-electron chi connectivity index (χ2n) is 6.39. The van der Waals surface area contributed by atoms with Gasteiger partial charge in [-0.1, -0.05) is 18.9 Å². The number of carbonyl (C=O) groups is 1.